The van der Waals surface area contributed by atoms with E-state index < -0.39 is 11.9 Å². The largest absolute Gasteiger partial charge is 0.508 e. The molecule has 28 heavy (non-hydrogen) atoms. The van der Waals surface area contributed by atoms with Gasteiger partial charge in [-0.15, -0.1) is 0 Å². The molecular weight excluding hydrogens is 362 g/mol. The zero-order valence-corrected chi connectivity index (χ0v) is 14.3. The van der Waals surface area contributed by atoms with Gasteiger partial charge >= 0.3 is 5.97 Å². The van der Waals surface area contributed by atoms with Gasteiger partial charge in [-0.05, 0) is 42.0 Å². The molecule has 4 rings (SSSR count). The normalized spacial score (nSPS) is 11.0. The third-order valence-corrected chi connectivity index (χ3v) is 4.48. The number of hydrogen-bond acceptors (Lipinski definition) is 5. The van der Waals surface area contributed by atoms with Gasteiger partial charge in [0, 0.05) is 34.2 Å². The molecule has 0 saturated carbocycles. The summed E-state index contributed by atoms with van der Waals surface area (Å²) in [6.45, 7) is 0. The maximum Gasteiger partial charge on any atom is 0.336 e. The van der Waals surface area contributed by atoms with Gasteiger partial charge in [0.2, 0.25) is 5.91 Å². The van der Waals surface area contributed by atoms with Crippen molar-refractivity contribution in [2.24, 2.45) is 5.73 Å². The van der Waals surface area contributed by atoms with Crippen LogP contribution in [0.1, 0.15) is 20.7 Å². The quantitative estimate of drug-likeness (QED) is 0.472. The van der Waals surface area contributed by atoms with Crippen molar-refractivity contribution in [3.63, 3.8) is 0 Å². The van der Waals surface area contributed by atoms with Crippen molar-refractivity contribution in [1.29, 1.82) is 0 Å². The lowest BCUT2D eigenvalue weighted by atomic mass is 9.90. The summed E-state index contributed by atoms with van der Waals surface area (Å²) in [6, 6.07) is 12.8. The number of carbonyl (C=O) groups is 2. The van der Waals surface area contributed by atoms with Crippen molar-refractivity contribution in [3.05, 3.63) is 75.9 Å². The summed E-state index contributed by atoms with van der Waals surface area (Å²) in [7, 11) is 0. The van der Waals surface area contributed by atoms with E-state index in [4.69, 9.17) is 10.2 Å². The number of primary amides is 1. The summed E-state index contributed by atoms with van der Waals surface area (Å²) in [6.07, 6.45) is 0. The Morgan fingerprint density at radius 1 is 0.929 bits per heavy atom. The van der Waals surface area contributed by atoms with Crippen LogP contribution >= 0.6 is 0 Å². The van der Waals surface area contributed by atoms with E-state index in [1.807, 2.05) is 0 Å². The molecule has 0 bridgehead atoms. The van der Waals surface area contributed by atoms with Crippen LogP contribution in [0.3, 0.4) is 0 Å². The number of carboxylic acid groups (broad SMARTS) is 1. The van der Waals surface area contributed by atoms with Crippen LogP contribution in [0.5, 0.6) is 5.75 Å². The predicted molar refractivity (Wildman–Crippen MR) is 102 cm³/mol. The molecular formula is C21H13NO6. The lowest BCUT2D eigenvalue weighted by Crippen LogP contribution is -2.12. The highest BCUT2D eigenvalue weighted by atomic mass is 16.4. The fraction of sp³-hybridized carbons (Fsp3) is 0. The Hall–Kier alpha value is -4.13. The molecule has 1 aliphatic heterocycles. The van der Waals surface area contributed by atoms with E-state index in [9.17, 15) is 24.6 Å². The second kappa shape index (κ2) is 6.24. The monoisotopic (exact) mass is 375 g/mol. The number of benzene rings is 3. The first kappa shape index (κ1) is 17.3. The minimum absolute atomic E-state index is 0.0395. The van der Waals surface area contributed by atoms with E-state index in [0.29, 0.717) is 22.1 Å². The van der Waals surface area contributed by atoms with Gasteiger partial charge in [0.15, 0.2) is 5.43 Å². The lowest BCUT2D eigenvalue weighted by Gasteiger charge is -2.17. The molecule has 7 heteroatoms. The molecule has 2 aromatic rings. The Kier molecular flexibility index (Phi) is 3.85. The highest BCUT2D eigenvalue weighted by Crippen LogP contribution is 2.42. The van der Waals surface area contributed by atoms with Crippen molar-refractivity contribution in [3.8, 4) is 28.2 Å². The molecule has 0 radical (unpaired) electrons. The molecule has 0 aromatic heterocycles. The number of phenols is 1. The van der Waals surface area contributed by atoms with Gasteiger partial charge in [0.1, 0.15) is 17.1 Å². The second-order valence-electron chi connectivity index (χ2n) is 6.25. The van der Waals surface area contributed by atoms with Crippen molar-refractivity contribution < 1.29 is 24.2 Å². The van der Waals surface area contributed by atoms with Crippen LogP contribution in [0.4, 0.5) is 0 Å². The predicted octanol–water partition coefficient (Wildman–Crippen LogP) is 3.07. The number of nitrogens with two attached hydrogens (primary N) is 1. The van der Waals surface area contributed by atoms with Gasteiger partial charge in [-0.1, -0.05) is 6.07 Å². The van der Waals surface area contributed by atoms with Crippen molar-refractivity contribution in [1.82, 2.24) is 0 Å². The smallest absolute Gasteiger partial charge is 0.336 e. The number of phenolic OH excluding ortho intramolecular Hbond substituents is 1. The van der Waals surface area contributed by atoms with Gasteiger partial charge in [-0.25, -0.2) is 4.79 Å². The number of carboxylic acids is 1. The molecule has 2 aliphatic rings. The Morgan fingerprint density at radius 2 is 1.68 bits per heavy atom. The molecule has 2 aromatic carbocycles. The molecule has 1 aliphatic carbocycles. The summed E-state index contributed by atoms with van der Waals surface area (Å²) < 4.78 is 5.75. The molecule has 0 spiro atoms. The molecule has 138 valence electrons. The topological polar surface area (TPSA) is 131 Å². The van der Waals surface area contributed by atoms with E-state index in [-0.39, 0.29) is 33.6 Å². The number of rotatable bonds is 3. The summed E-state index contributed by atoms with van der Waals surface area (Å²) in [5.41, 5.74) is 6.58. The average molecular weight is 375 g/mol. The highest BCUT2D eigenvalue weighted by molar-refractivity contribution is 6.08. The van der Waals surface area contributed by atoms with Crippen LogP contribution in [0.15, 0.2) is 63.8 Å². The third kappa shape index (κ3) is 2.75. The van der Waals surface area contributed by atoms with Gasteiger partial charge in [-0.3, -0.25) is 9.59 Å². The molecule has 1 amide bonds. The Bertz CT molecular complexity index is 1300. The van der Waals surface area contributed by atoms with Crippen LogP contribution in [0.2, 0.25) is 0 Å². The summed E-state index contributed by atoms with van der Waals surface area (Å²) in [5.74, 6) is -1.77. The number of amides is 1. The number of carbonyl (C=O) groups excluding carboxylic acids is 1. The first-order valence-electron chi connectivity index (χ1n) is 8.22. The van der Waals surface area contributed by atoms with E-state index in [1.54, 1.807) is 12.1 Å². The van der Waals surface area contributed by atoms with Crippen LogP contribution in [-0.4, -0.2) is 22.1 Å². The number of aromatic carboxylic acids is 1. The van der Waals surface area contributed by atoms with Crippen molar-refractivity contribution >= 4 is 22.8 Å². The summed E-state index contributed by atoms with van der Waals surface area (Å²) in [4.78, 5) is 35.1. The lowest BCUT2D eigenvalue weighted by molar-refractivity contribution is 0.0697. The van der Waals surface area contributed by atoms with Gasteiger partial charge in [-0.2, -0.15) is 0 Å². The minimum atomic E-state index is -1.24. The van der Waals surface area contributed by atoms with Crippen molar-refractivity contribution in [2.75, 3.05) is 0 Å². The van der Waals surface area contributed by atoms with Gasteiger partial charge < -0.3 is 20.4 Å². The van der Waals surface area contributed by atoms with E-state index in [1.165, 1.54) is 42.5 Å². The van der Waals surface area contributed by atoms with Crippen LogP contribution in [0.25, 0.3) is 33.4 Å². The summed E-state index contributed by atoms with van der Waals surface area (Å²) in [5, 5.41) is 20.0. The fourth-order valence-corrected chi connectivity index (χ4v) is 3.24. The SMILES string of the molecule is NC(=O)c1ccc(-c2c3ccc(=O)cc-3oc3cc(O)ccc23)c(C(=O)O)c1. The van der Waals surface area contributed by atoms with Gasteiger partial charge in [0.05, 0.1) is 5.56 Å². The zero-order chi connectivity index (χ0) is 20.0. The fourth-order valence-electron chi connectivity index (χ4n) is 3.24. The minimum Gasteiger partial charge on any atom is -0.508 e. The maximum atomic E-state index is 11.9. The zero-order valence-electron chi connectivity index (χ0n) is 14.3. The van der Waals surface area contributed by atoms with Crippen LogP contribution in [0, 0.1) is 0 Å². The Labute approximate surface area is 157 Å². The molecule has 0 fully saturated rings. The average Bonchev–Trinajstić information content (AvgIpc) is 2.65. The highest BCUT2D eigenvalue weighted by Gasteiger charge is 2.22. The number of fused-ring (bicyclic) bond motifs is 2. The molecule has 7 nitrogen and oxygen atoms in total. The van der Waals surface area contributed by atoms with E-state index >= 15 is 0 Å². The summed E-state index contributed by atoms with van der Waals surface area (Å²) >= 11 is 0. The second-order valence-corrected chi connectivity index (χ2v) is 6.25. The standard InChI is InChI=1S/C21H13NO6/c22-20(25)10-1-4-13(16(7-10)21(26)27)19-14-5-2-11(23)8-17(14)28-18-9-12(24)3-6-15(18)19/h1-9,23H,(H2,22,25)(H,26,27). The van der Waals surface area contributed by atoms with Gasteiger partial charge in [0.25, 0.3) is 0 Å². The van der Waals surface area contributed by atoms with Crippen molar-refractivity contribution in [2.45, 2.75) is 0 Å². The molecule has 0 unspecified atom stereocenters. The third-order valence-electron chi connectivity index (χ3n) is 4.48. The molecule has 0 atom stereocenters. The van der Waals surface area contributed by atoms with Crippen LogP contribution < -0.4 is 11.2 Å². The molecule has 0 saturated heterocycles. The maximum absolute atomic E-state index is 11.9. The number of hydrogen-bond donors (Lipinski definition) is 3. The number of aromatic hydroxyl groups is 1. The van der Waals surface area contributed by atoms with E-state index in [2.05, 4.69) is 0 Å². The van der Waals surface area contributed by atoms with Crippen LogP contribution in [-0.2, 0) is 0 Å². The molecule has 1 heterocycles. The Balaban J connectivity index is 2.17. The van der Waals surface area contributed by atoms with E-state index in [0.717, 1.165) is 0 Å². The molecule has 4 N–H and O–H groups in total. The first-order chi connectivity index (χ1) is 13.3. The first-order valence-corrected chi connectivity index (χ1v) is 8.22. The Morgan fingerprint density at radius 3 is 2.39 bits per heavy atom.